The average Bonchev–Trinajstić information content (AvgIpc) is 4.09. The molecule has 0 atom stereocenters. The fourth-order valence-corrected chi connectivity index (χ4v) is 10.8. The molecule has 6 nitrogen and oxygen atoms in total. The van der Waals surface area contributed by atoms with E-state index < -0.39 is 0 Å². The Morgan fingerprint density at radius 3 is 1.17 bits per heavy atom. The van der Waals surface area contributed by atoms with E-state index in [2.05, 4.69) is 214 Å². The van der Waals surface area contributed by atoms with Gasteiger partial charge in [0.15, 0.2) is 0 Å². The summed E-state index contributed by atoms with van der Waals surface area (Å²) in [6.07, 6.45) is 0. The molecule has 0 saturated heterocycles. The first-order chi connectivity index (χ1) is 35.1. The zero-order chi connectivity index (χ0) is 47.0. The second kappa shape index (κ2) is 16.2. The van der Waals surface area contributed by atoms with Crippen LogP contribution in [0.2, 0.25) is 0 Å². The third-order valence-electron chi connectivity index (χ3n) is 14.1. The van der Waals surface area contributed by atoms with Gasteiger partial charge in [-0.2, -0.15) is 5.26 Å². The maximum atomic E-state index is 9.90. The number of hydrogen-bond donors (Lipinski definition) is 0. The molecule has 0 bridgehead atoms. The quantitative estimate of drug-likeness (QED) is 0.160. The predicted molar refractivity (Wildman–Crippen MR) is 292 cm³/mol. The number of para-hydroxylation sites is 4. The number of nitriles is 1. The minimum absolute atomic E-state index is 0.547. The summed E-state index contributed by atoms with van der Waals surface area (Å²) in [6.45, 7) is 0. The van der Waals surface area contributed by atoms with Crippen molar-refractivity contribution in [1.29, 1.82) is 5.26 Å². The summed E-state index contributed by atoms with van der Waals surface area (Å²) < 4.78 is 6.95. The molecule has 4 aromatic heterocycles. The standard InChI is InChI=1S/C65H40N6/c66-41-42-15-12-20-48(35-42)58-40-57(43-16-2-1-3-17-43)67-65(68-58)71-63-33-31-46(44-18-13-21-49(36-44)69-59-27-8-4-23-51(59)52-24-5-9-28-60(52)69)38-55(63)56-39-47(32-34-64(56)71)45-19-14-22-50(37-45)70-61-29-10-6-25-53(61)54-26-7-11-30-62(54)70/h1-40H. The molecule has 4 heterocycles. The molecule has 0 aliphatic carbocycles. The average molecular weight is 905 g/mol. The van der Waals surface area contributed by atoms with Gasteiger partial charge in [-0.25, -0.2) is 9.97 Å². The summed E-state index contributed by atoms with van der Waals surface area (Å²) in [5.74, 6) is 0.547. The highest BCUT2D eigenvalue weighted by molar-refractivity contribution is 6.13. The van der Waals surface area contributed by atoms with E-state index in [1.807, 2.05) is 48.5 Å². The molecule has 14 aromatic rings. The third-order valence-corrected chi connectivity index (χ3v) is 14.1. The van der Waals surface area contributed by atoms with Gasteiger partial charge in [-0.15, -0.1) is 0 Å². The van der Waals surface area contributed by atoms with Crippen LogP contribution in [-0.4, -0.2) is 23.7 Å². The highest BCUT2D eigenvalue weighted by atomic mass is 15.2. The summed E-state index contributed by atoms with van der Waals surface area (Å²) >= 11 is 0. The molecule has 0 radical (unpaired) electrons. The molecule has 0 spiro atoms. The zero-order valence-corrected chi connectivity index (χ0v) is 38.3. The summed E-state index contributed by atoms with van der Waals surface area (Å²) in [6, 6.07) is 88.1. The Bertz CT molecular complexity index is 4170. The van der Waals surface area contributed by atoms with Crippen LogP contribution in [0, 0.1) is 11.3 Å². The van der Waals surface area contributed by atoms with Crippen LogP contribution in [0.5, 0.6) is 0 Å². The third kappa shape index (κ3) is 6.56. The molecule has 10 aromatic carbocycles. The van der Waals surface area contributed by atoms with Crippen molar-refractivity contribution >= 4 is 65.4 Å². The number of rotatable bonds is 7. The van der Waals surface area contributed by atoms with Crippen LogP contribution >= 0.6 is 0 Å². The molecule has 0 saturated carbocycles. The molecule has 0 fully saturated rings. The Labute approximate surface area is 408 Å². The lowest BCUT2D eigenvalue weighted by atomic mass is 9.99. The van der Waals surface area contributed by atoms with Crippen molar-refractivity contribution in [3.05, 3.63) is 248 Å². The first-order valence-electron chi connectivity index (χ1n) is 23.9. The van der Waals surface area contributed by atoms with E-state index in [0.717, 1.165) is 77.9 Å². The van der Waals surface area contributed by atoms with E-state index in [1.54, 1.807) is 0 Å². The molecular weight excluding hydrogens is 865 g/mol. The SMILES string of the molecule is N#Cc1cccc(-c2cc(-c3ccccc3)nc(-n3c4ccc(-c5cccc(-n6c7ccccc7c7ccccc76)c5)cc4c4cc(-c5cccc(-n6c7ccccc7c7ccccc76)c5)ccc43)n2)c1. The lowest BCUT2D eigenvalue weighted by Crippen LogP contribution is -2.04. The van der Waals surface area contributed by atoms with Crippen molar-refractivity contribution in [2.24, 2.45) is 0 Å². The van der Waals surface area contributed by atoms with Gasteiger partial charge in [0, 0.05) is 54.8 Å². The Morgan fingerprint density at radius 2 is 0.676 bits per heavy atom. The van der Waals surface area contributed by atoms with E-state index in [0.29, 0.717) is 11.5 Å². The van der Waals surface area contributed by atoms with Crippen LogP contribution < -0.4 is 0 Å². The van der Waals surface area contributed by atoms with E-state index in [9.17, 15) is 5.26 Å². The van der Waals surface area contributed by atoms with E-state index >= 15 is 0 Å². The monoisotopic (exact) mass is 904 g/mol. The van der Waals surface area contributed by atoms with Gasteiger partial charge >= 0.3 is 0 Å². The van der Waals surface area contributed by atoms with E-state index in [-0.39, 0.29) is 0 Å². The molecule has 6 heteroatoms. The van der Waals surface area contributed by atoms with Crippen LogP contribution in [0.1, 0.15) is 5.56 Å². The fourth-order valence-electron chi connectivity index (χ4n) is 10.8. The smallest absolute Gasteiger partial charge is 0.235 e. The lowest BCUT2D eigenvalue weighted by Gasteiger charge is -2.13. The molecule has 0 aliphatic rings. The van der Waals surface area contributed by atoms with Crippen LogP contribution in [0.3, 0.4) is 0 Å². The predicted octanol–water partition coefficient (Wildman–Crippen LogP) is 16.3. The summed E-state index contributed by atoms with van der Waals surface area (Å²) in [7, 11) is 0. The number of benzene rings is 10. The summed E-state index contributed by atoms with van der Waals surface area (Å²) in [5.41, 5.74) is 17.2. The van der Waals surface area contributed by atoms with Crippen molar-refractivity contribution in [2.45, 2.75) is 0 Å². The van der Waals surface area contributed by atoms with Crippen LogP contribution in [0.15, 0.2) is 243 Å². The van der Waals surface area contributed by atoms with Gasteiger partial charge in [0.1, 0.15) is 0 Å². The summed E-state index contributed by atoms with van der Waals surface area (Å²) in [4.78, 5) is 10.7. The van der Waals surface area contributed by atoms with Gasteiger partial charge in [-0.3, -0.25) is 4.57 Å². The summed E-state index contributed by atoms with van der Waals surface area (Å²) in [5, 5.41) is 17.0. The zero-order valence-electron chi connectivity index (χ0n) is 38.3. The Balaban J connectivity index is 0.985. The van der Waals surface area contributed by atoms with Crippen molar-refractivity contribution in [2.75, 3.05) is 0 Å². The molecule has 0 amide bonds. The minimum atomic E-state index is 0.547. The highest BCUT2D eigenvalue weighted by Gasteiger charge is 2.20. The van der Waals surface area contributed by atoms with Crippen LogP contribution in [0.4, 0.5) is 0 Å². The second-order valence-corrected chi connectivity index (χ2v) is 18.1. The Kier molecular flexibility index (Phi) is 9.16. The molecule has 0 unspecified atom stereocenters. The molecule has 0 N–H and O–H groups in total. The molecule has 0 aliphatic heterocycles. The van der Waals surface area contributed by atoms with Gasteiger partial charge in [-0.1, -0.05) is 152 Å². The van der Waals surface area contributed by atoms with E-state index in [4.69, 9.17) is 9.97 Å². The number of fused-ring (bicyclic) bond motifs is 9. The second-order valence-electron chi connectivity index (χ2n) is 18.1. The van der Waals surface area contributed by atoms with Gasteiger partial charge in [-0.05, 0) is 113 Å². The number of aromatic nitrogens is 5. The Hall–Kier alpha value is -9.83. The van der Waals surface area contributed by atoms with Crippen molar-refractivity contribution in [1.82, 2.24) is 23.7 Å². The molecule has 330 valence electrons. The van der Waals surface area contributed by atoms with Gasteiger partial charge in [0.2, 0.25) is 5.95 Å². The van der Waals surface area contributed by atoms with Crippen LogP contribution in [-0.2, 0) is 0 Å². The first kappa shape index (κ1) is 40.3. The lowest BCUT2D eigenvalue weighted by molar-refractivity contribution is 0.995. The normalized spacial score (nSPS) is 11.6. The minimum Gasteiger partial charge on any atom is -0.309 e. The van der Waals surface area contributed by atoms with Crippen LogP contribution in [0.25, 0.3) is 128 Å². The van der Waals surface area contributed by atoms with Gasteiger partial charge in [0.05, 0.1) is 56.1 Å². The van der Waals surface area contributed by atoms with Crippen molar-refractivity contribution < 1.29 is 0 Å². The number of hydrogen-bond acceptors (Lipinski definition) is 3. The maximum absolute atomic E-state index is 9.90. The topological polar surface area (TPSA) is 64.4 Å². The largest absolute Gasteiger partial charge is 0.309 e. The highest BCUT2D eigenvalue weighted by Crippen LogP contribution is 2.40. The number of nitrogens with zero attached hydrogens (tertiary/aromatic N) is 6. The first-order valence-corrected chi connectivity index (χ1v) is 23.9. The van der Waals surface area contributed by atoms with Crippen molar-refractivity contribution in [3.8, 4) is 68.2 Å². The molecule has 14 rings (SSSR count). The van der Waals surface area contributed by atoms with Gasteiger partial charge < -0.3 is 9.13 Å². The van der Waals surface area contributed by atoms with Crippen molar-refractivity contribution in [3.63, 3.8) is 0 Å². The Morgan fingerprint density at radius 1 is 0.282 bits per heavy atom. The van der Waals surface area contributed by atoms with Gasteiger partial charge in [0.25, 0.3) is 0 Å². The van der Waals surface area contributed by atoms with E-state index in [1.165, 1.54) is 43.6 Å². The fraction of sp³-hybridized carbons (Fsp3) is 0. The maximum Gasteiger partial charge on any atom is 0.235 e. The molecule has 71 heavy (non-hydrogen) atoms. The molecular formula is C65H40N6.